The number of hydrogen-bond donors (Lipinski definition) is 2. The van der Waals surface area contributed by atoms with Gasteiger partial charge in [0.15, 0.2) is 11.0 Å². The van der Waals surface area contributed by atoms with Crippen molar-refractivity contribution in [2.24, 2.45) is 0 Å². The second kappa shape index (κ2) is 11.2. The van der Waals surface area contributed by atoms with E-state index in [1.54, 1.807) is 35.8 Å². The van der Waals surface area contributed by atoms with Gasteiger partial charge in [-0.05, 0) is 44.2 Å². The van der Waals surface area contributed by atoms with Crippen LogP contribution in [0.25, 0.3) is 0 Å². The third kappa shape index (κ3) is 6.02. The van der Waals surface area contributed by atoms with E-state index in [0.717, 1.165) is 0 Å². The number of thioether (sulfide) groups is 1. The van der Waals surface area contributed by atoms with E-state index in [9.17, 15) is 14.0 Å². The minimum Gasteiger partial charge on any atom is -0.495 e. The Morgan fingerprint density at radius 2 is 2.00 bits per heavy atom. The smallest absolute Gasteiger partial charge is 0.254 e. The van der Waals surface area contributed by atoms with Gasteiger partial charge in [-0.15, -0.1) is 10.2 Å². The summed E-state index contributed by atoms with van der Waals surface area (Å²) >= 11 is 7.20. The van der Waals surface area contributed by atoms with Crippen LogP contribution in [0.3, 0.4) is 0 Å². The third-order valence-electron chi connectivity index (χ3n) is 4.68. The molecule has 0 radical (unpaired) electrons. The van der Waals surface area contributed by atoms with Crippen LogP contribution in [0.5, 0.6) is 5.75 Å². The molecule has 0 saturated heterocycles. The summed E-state index contributed by atoms with van der Waals surface area (Å²) in [6.45, 7) is 4.16. The van der Waals surface area contributed by atoms with E-state index in [4.69, 9.17) is 16.3 Å². The molecule has 1 aromatic heterocycles. The van der Waals surface area contributed by atoms with Gasteiger partial charge >= 0.3 is 0 Å². The van der Waals surface area contributed by atoms with Crippen LogP contribution < -0.4 is 15.4 Å². The molecule has 2 N–H and O–H groups in total. The van der Waals surface area contributed by atoms with Crippen molar-refractivity contribution in [3.63, 3.8) is 0 Å². The summed E-state index contributed by atoms with van der Waals surface area (Å²) < 4.78 is 20.9. The van der Waals surface area contributed by atoms with Crippen molar-refractivity contribution in [3.05, 3.63) is 64.7 Å². The first-order valence-corrected chi connectivity index (χ1v) is 11.4. The zero-order valence-electron chi connectivity index (χ0n) is 18.3. The molecule has 0 saturated carbocycles. The summed E-state index contributed by atoms with van der Waals surface area (Å²) in [5.74, 6) is -0.344. The number of nitrogens with zero attached hydrogens (tertiary/aromatic N) is 3. The molecule has 0 aliphatic rings. The van der Waals surface area contributed by atoms with E-state index in [0.29, 0.717) is 34.0 Å². The molecule has 0 unspecified atom stereocenters. The van der Waals surface area contributed by atoms with Crippen molar-refractivity contribution < 1.29 is 18.7 Å². The predicted octanol–water partition coefficient (Wildman–Crippen LogP) is 4.32. The Labute approximate surface area is 199 Å². The van der Waals surface area contributed by atoms with E-state index in [1.807, 2.05) is 6.92 Å². The number of nitrogens with one attached hydrogen (secondary N) is 2. The number of carbonyl (C=O) groups excluding carboxylic acids is 2. The normalized spacial score (nSPS) is 11.7. The van der Waals surface area contributed by atoms with Crippen LogP contribution >= 0.6 is 23.4 Å². The van der Waals surface area contributed by atoms with Gasteiger partial charge in [0.05, 0.1) is 30.2 Å². The van der Waals surface area contributed by atoms with Crippen molar-refractivity contribution in [1.29, 1.82) is 0 Å². The van der Waals surface area contributed by atoms with Gasteiger partial charge in [0.1, 0.15) is 11.6 Å². The molecule has 0 aliphatic heterocycles. The van der Waals surface area contributed by atoms with E-state index < -0.39 is 17.8 Å². The third-order valence-corrected chi connectivity index (χ3v) is 5.88. The standard InChI is InChI=1S/C22H23ClFN5O3S/c1-4-29-20(13(2)25-21(31)15-7-5-6-8-16(15)24)27-28-22(29)33-12-19(30)26-17-11-14(23)9-10-18(17)32-3/h5-11,13H,4,12H2,1-3H3,(H,25,31)(H,26,30)/t13-/m1/s1. The van der Waals surface area contributed by atoms with E-state index >= 15 is 0 Å². The molecule has 33 heavy (non-hydrogen) atoms. The summed E-state index contributed by atoms with van der Waals surface area (Å²) in [4.78, 5) is 24.9. The molecule has 0 bridgehead atoms. The number of carbonyl (C=O) groups is 2. The number of ether oxygens (including phenoxy) is 1. The van der Waals surface area contributed by atoms with E-state index in [2.05, 4.69) is 20.8 Å². The van der Waals surface area contributed by atoms with Gasteiger partial charge in [-0.3, -0.25) is 9.59 Å². The average Bonchev–Trinajstić information content (AvgIpc) is 3.21. The first-order chi connectivity index (χ1) is 15.8. The lowest BCUT2D eigenvalue weighted by Crippen LogP contribution is -2.29. The number of benzene rings is 2. The van der Waals surface area contributed by atoms with Gasteiger partial charge in [0.2, 0.25) is 5.91 Å². The van der Waals surface area contributed by atoms with E-state index in [-0.39, 0.29) is 17.2 Å². The van der Waals surface area contributed by atoms with Crippen LogP contribution in [0, 0.1) is 5.82 Å². The average molecular weight is 492 g/mol. The van der Waals surface area contributed by atoms with Crippen LogP contribution in [0.2, 0.25) is 5.02 Å². The second-order valence-electron chi connectivity index (χ2n) is 6.94. The summed E-state index contributed by atoms with van der Waals surface area (Å²) in [5, 5.41) is 14.8. The Morgan fingerprint density at radius 1 is 1.24 bits per heavy atom. The number of halogens is 2. The molecule has 2 amide bonds. The van der Waals surface area contributed by atoms with Gasteiger partial charge in [-0.1, -0.05) is 35.5 Å². The minimum absolute atomic E-state index is 0.0466. The molecule has 1 heterocycles. The van der Waals surface area contributed by atoms with Gasteiger partial charge in [-0.25, -0.2) is 4.39 Å². The number of amides is 2. The lowest BCUT2D eigenvalue weighted by atomic mass is 10.2. The summed E-state index contributed by atoms with van der Waals surface area (Å²) in [6.07, 6.45) is 0. The van der Waals surface area contributed by atoms with Gasteiger partial charge in [-0.2, -0.15) is 0 Å². The number of aromatic nitrogens is 3. The zero-order chi connectivity index (χ0) is 24.0. The first-order valence-electron chi connectivity index (χ1n) is 10.1. The summed E-state index contributed by atoms with van der Waals surface area (Å²) in [5.41, 5.74) is 0.423. The molecule has 0 aliphatic carbocycles. The summed E-state index contributed by atoms with van der Waals surface area (Å²) in [7, 11) is 1.50. The fraction of sp³-hybridized carbons (Fsp3) is 0.273. The van der Waals surface area contributed by atoms with Crippen LogP contribution in [-0.2, 0) is 11.3 Å². The highest BCUT2D eigenvalue weighted by Crippen LogP contribution is 2.28. The van der Waals surface area contributed by atoms with Crippen molar-refractivity contribution in [1.82, 2.24) is 20.1 Å². The van der Waals surface area contributed by atoms with Gasteiger partial charge < -0.3 is 19.9 Å². The molecule has 2 aromatic carbocycles. The quantitative estimate of drug-likeness (QED) is 0.432. The Hall–Kier alpha value is -3.11. The van der Waals surface area contributed by atoms with Crippen LogP contribution in [0.4, 0.5) is 10.1 Å². The largest absolute Gasteiger partial charge is 0.495 e. The fourth-order valence-electron chi connectivity index (χ4n) is 3.10. The Balaban J connectivity index is 1.65. The van der Waals surface area contributed by atoms with Crippen molar-refractivity contribution in [2.75, 3.05) is 18.2 Å². The Kier molecular flexibility index (Phi) is 8.29. The highest BCUT2D eigenvalue weighted by Gasteiger charge is 2.21. The van der Waals surface area contributed by atoms with Crippen molar-refractivity contribution in [2.45, 2.75) is 31.6 Å². The maximum absolute atomic E-state index is 13.9. The zero-order valence-corrected chi connectivity index (χ0v) is 19.8. The molecular formula is C22H23ClFN5O3S. The fourth-order valence-corrected chi connectivity index (χ4v) is 4.08. The van der Waals surface area contributed by atoms with Crippen molar-refractivity contribution >= 4 is 40.9 Å². The van der Waals surface area contributed by atoms with Crippen molar-refractivity contribution in [3.8, 4) is 5.75 Å². The maximum atomic E-state index is 13.9. The lowest BCUT2D eigenvalue weighted by molar-refractivity contribution is -0.113. The van der Waals surface area contributed by atoms with Crippen LogP contribution in [0.15, 0.2) is 47.6 Å². The number of anilines is 1. The van der Waals surface area contributed by atoms with Crippen LogP contribution in [-0.4, -0.2) is 39.4 Å². The molecule has 174 valence electrons. The van der Waals surface area contributed by atoms with E-state index in [1.165, 1.54) is 37.1 Å². The number of rotatable bonds is 9. The Bertz CT molecular complexity index is 1160. The summed E-state index contributed by atoms with van der Waals surface area (Å²) in [6, 6.07) is 10.2. The Morgan fingerprint density at radius 3 is 2.70 bits per heavy atom. The SMILES string of the molecule is CCn1c(SCC(=O)Nc2cc(Cl)ccc2OC)nnc1[C@@H](C)NC(=O)c1ccccc1F. The number of hydrogen-bond acceptors (Lipinski definition) is 6. The highest BCUT2D eigenvalue weighted by atomic mass is 35.5. The van der Waals surface area contributed by atoms with Gasteiger partial charge in [0.25, 0.3) is 5.91 Å². The molecule has 3 aromatic rings. The monoisotopic (exact) mass is 491 g/mol. The molecule has 1 atom stereocenters. The molecule has 11 heteroatoms. The molecule has 0 spiro atoms. The first kappa shape index (κ1) is 24.5. The van der Waals surface area contributed by atoms with Crippen LogP contribution in [0.1, 0.15) is 36.1 Å². The predicted molar refractivity (Wildman–Crippen MR) is 125 cm³/mol. The molecule has 0 fully saturated rings. The molecular weight excluding hydrogens is 469 g/mol. The number of methoxy groups -OCH3 is 1. The topological polar surface area (TPSA) is 98.1 Å². The second-order valence-corrected chi connectivity index (χ2v) is 8.32. The van der Waals surface area contributed by atoms with Gasteiger partial charge in [0, 0.05) is 11.6 Å². The highest BCUT2D eigenvalue weighted by molar-refractivity contribution is 7.99. The molecule has 3 rings (SSSR count). The lowest BCUT2D eigenvalue weighted by Gasteiger charge is -2.15. The minimum atomic E-state index is -0.599. The molecule has 8 nitrogen and oxygen atoms in total. The maximum Gasteiger partial charge on any atom is 0.254 e.